The topological polar surface area (TPSA) is 39.2 Å². The van der Waals surface area contributed by atoms with Gasteiger partial charge in [-0.15, -0.1) is 0 Å². The standard InChI is InChI=1S/C9H11NO2S/c1-13-3-2-12-9-4-8(7-11)5-10-6-9/h4-7H,2-3H2,1H3. The lowest BCUT2D eigenvalue weighted by Gasteiger charge is -2.03. The molecule has 0 N–H and O–H groups in total. The van der Waals surface area contributed by atoms with E-state index < -0.39 is 0 Å². The Bertz CT molecular complexity index is 278. The Morgan fingerprint density at radius 2 is 2.46 bits per heavy atom. The Labute approximate surface area is 81.5 Å². The molecule has 4 heteroatoms. The number of pyridine rings is 1. The van der Waals surface area contributed by atoms with Crippen molar-refractivity contribution < 1.29 is 9.53 Å². The second-order valence-electron chi connectivity index (χ2n) is 2.41. The molecule has 1 aromatic rings. The summed E-state index contributed by atoms with van der Waals surface area (Å²) in [6.45, 7) is 0.644. The predicted molar refractivity (Wildman–Crippen MR) is 53.5 cm³/mol. The lowest BCUT2D eigenvalue weighted by molar-refractivity contribution is 0.112. The van der Waals surface area contributed by atoms with Gasteiger partial charge in [-0.05, 0) is 12.3 Å². The molecule has 1 rings (SSSR count). The van der Waals surface area contributed by atoms with E-state index in [4.69, 9.17) is 4.74 Å². The van der Waals surface area contributed by atoms with Gasteiger partial charge in [0.05, 0.1) is 12.8 Å². The van der Waals surface area contributed by atoms with Crippen LogP contribution in [0.4, 0.5) is 0 Å². The summed E-state index contributed by atoms with van der Waals surface area (Å²) in [7, 11) is 0. The fraction of sp³-hybridized carbons (Fsp3) is 0.333. The number of hydrogen-bond acceptors (Lipinski definition) is 4. The molecule has 0 spiro atoms. The molecule has 0 aliphatic carbocycles. The Morgan fingerprint density at radius 1 is 1.62 bits per heavy atom. The number of carbonyl (C=O) groups is 1. The van der Waals surface area contributed by atoms with E-state index in [0.29, 0.717) is 17.9 Å². The normalized spacial score (nSPS) is 9.62. The average Bonchev–Trinajstić information content (AvgIpc) is 2.19. The van der Waals surface area contributed by atoms with Gasteiger partial charge in [0.25, 0.3) is 0 Å². The molecule has 13 heavy (non-hydrogen) atoms. The predicted octanol–water partition coefficient (Wildman–Crippen LogP) is 1.64. The number of aldehydes is 1. The monoisotopic (exact) mass is 197 g/mol. The van der Waals surface area contributed by atoms with Crippen LogP contribution in [0.5, 0.6) is 5.75 Å². The number of thioether (sulfide) groups is 1. The maximum absolute atomic E-state index is 10.4. The largest absolute Gasteiger partial charge is 0.491 e. The van der Waals surface area contributed by atoms with Gasteiger partial charge in [0.15, 0.2) is 6.29 Å². The van der Waals surface area contributed by atoms with E-state index in [1.165, 1.54) is 6.20 Å². The van der Waals surface area contributed by atoms with Crippen molar-refractivity contribution in [3.05, 3.63) is 24.0 Å². The lowest BCUT2D eigenvalue weighted by atomic mass is 10.3. The van der Waals surface area contributed by atoms with Gasteiger partial charge in [-0.2, -0.15) is 11.8 Å². The van der Waals surface area contributed by atoms with Crippen LogP contribution in [0.1, 0.15) is 10.4 Å². The number of carbonyl (C=O) groups excluding carboxylic acids is 1. The second-order valence-corrected chi connectivity index (χ2v) is 3.40. The van der Waals surface area contributed by atoms with Gasteiger partial charge in [-0.25, -0.2) is 0 Å². The molecule has 0 amide bonds. The highest BCUT2D eigenvalue weighted by atomic mass is 32.2. The fourth-order valence-electron chi connectivity index (χ4n) is 0.822. The van der Waals surface area contributed by atoms with Crippen molar-refractivity contribution in [3.8, 4) is 5.75 Å². The third-order valence-electron chi connectivity index (χ3n) is 1.43. The van der Waals surface area contributed by atoms with E-state index >= 15 is 0 Å². The van der Waals surface area contributed by atoms with Crippen molar-refractivity contribution in [1.29, 1.82) is 0 Å². The van der Waals surface area contributed by atoms with Gasteiger partial charge < -0.3 is 4.74 Å². The summed E-state index contributed by atoms with van der Waals surface area (Å²) in [5.74, 6) is 1.59. The molecule has 0 aliphatic rings. The molecule has 70 valence electrons. The summed E-state index contributed by atoms with van der Waals surface area (Å²) < 4.78 is 5.35. The molecular formula is C9H11NO2S. The van der Waals surface area contributed by atoms with Crippen LogP contribution >= 0.6 is 11.8 Å². The van der Waals surface area contributed by atoms with Crippen LogP contribution in [0.25, 0.3) is 0 Å². The quantitative estimate of drug-likeness (QED) is 0.531. The van der Waals surface area contributed by atoms with Crippen LogP contribution in [0.3, 0.4) is 0 Å². The van der Waals surface area contributed by atoms with Gasteiger partial charge in [0, 0.05) is 17.5 Å². The van der Waals surface area contributed by atoms with Crippen molar-refractivity contribution in [3.63, 3.8) is 0 Å². The molecule has 3 nitrogen and oxygen atoms in total. The first-order chi connectivity index (χ1) is 6.36. The van der Waals surface area contributed by atoms with E-state index in [2.05, 4.69) is 4.98 Å². The van der Waals surface area contributed by atoms with Crippen LogP contribution in [-0.4, -0.2) is 29.9 Å². The molecule has 0 bridgehead atoms. The molecule has 0 atom stereocenters. The zero-order chi connectivity index (χ0) is 9.52. The summed E-state index contributed by atoms with van der Waals surface area (Å²) in [6, 6.07) is 1.68. The molecule has 0 aliphatic heterocycles. The van der Waals surface area contributed by atoms with Crippen LogP contribution in [-0.2, 0) is 0 Å². The summed E-state index contributed by atoms with van der Waals surface area (Å²) in [6.07, 6.45) is 5.89. The van der Waals surface area contributed by atoms with Gasteiger partial charge in [0.2, 0.25) is 0 Å². The van der Waals surface area contributed by atoms with E-state index in [1.54, 1.807) is 24.0 Å². The van der Waals surface area contributed by atoms with Gasteiger partial charge >= 0.3 is 0 Å². The fourth-order valence-corrected chi connectivity index (χ4v) is 1.07. The number of ether oxygens (including phenoxy) is 1. The van der Waals surface area contributed by atoms with Gasteiger partial charge in [-0.1, -0.05) is 0 Å². The van der Waals surface area contributed by atoms with Gasteiger partial charge in [-0.3, -0.25) is 9.78 Å². The molecule has 0 unspecified atom stereocenters. The molecule has 0 saturated heterocycles. The number of aromatic nitrogens is 1. The summed E-state index contributed by atoms with van der Waals surface area (Å²) in [5, 5.41) is 0. The zero-order valence-electron chi connectivity index (χ0n) is 7.40. The first-order valence-electron chi connectivity index (χ1n) is 3.89. The maximum atomic E-state index is 10.4. The molecule has 0 aromatic carbocycles. The van der Waals surface area contributed by atoms with Gasteiger partial charge in [0.1, 0.15) is 5.75 Å². The third-order valence-corrected chi connectivity index (χ3v) is 2.00. The third kappa shape index (κ3) is 3.46. The van der Waals surface area contributed by atoms with Crippen molar-refractivity contribution in [2.24, 2.45) is 0 Å². The van der Waals surface area contributed by atoms with E-state index in [9.17, 15) is 4.79 Å². The van der Waals surface area contributed by atoms with E-state index in [-0.39, 0.29) is 0 Å². The summed E-state index contributed by atoms with van der Waals surface area (Å²) in [4.78, 5) is 14.3. The maximum Gasteiger partial charge on any atom is 0.151 e. The van der Waals surface area contributed by atoms with Crippen molar-refractivity contribution >= 4 is 18.0 Å². The van der Waals surface area contributed by atoms with Crippen LogP contribution in [0.2, 0.25) is 0 Å². The molecule has 0 radical (unpaired) electrons. The van der Waals surface area contributed by atoms with E-state index in [0.717, 1.165) is 12.0 Å². The number of hydrogen-bond donors (Lipinski definition) is 0. The first-order valence-corrected chi connectivity index (χ1v) is 5.28. The Balaban J connectivity index is 2.51. The van der Waals surface area contributed by atoms with E-state index in [1.807, 2.05) is 6.26 Å². The average molecular weight is 197 g/mol. The van der Waals surface area contributed by atoms with Crippen molar-refractivity contribution in [2.45, 2.75) is 0 Å². The Kier molecular flexibility index (Phi) is 4.32. The highest BCUT2D eigenvalue weighted by Gasteiger charge is 1.95. The smallest absolute Gasteiger partial charge is 0.151 e. The van der Waals surface area contributed by atoms with Crippen LogP contribution < -0.4 is 4.74 Å². The van der Waals surface area contributed by atoms with Crippen LogP contribution in [0.15, 0.2) is 18.5 Å². The zero-order valence-corrected chi connectivity index (χ0v) is 8.21. The highest BCUT2D eigenvalue weighted by Crippen LogP contribution is 2.09. The lowest BCUT2D eigenvalue weighted by Crippen LogP contribution is -2.00. The van der Waals surface area contributed by atoms with Crippen molar-refractivity contribution in [2.75, 3.05) is 18.6 Å². The molecule has 0 saturated carbocycles. The molecule has 0 fully saturated rings. The summed E-state index contributed by atoms with van der Waals surface area (Å²) >= 11 is 1.72. The number of nitrogens with zero attached hydrogens (tertiary/aromatic N) is 1. The molecule has 1 aromatic heterocycles. The number of rotatable bonds is 5. The minimum Gasteiger partial charge on any atom is -0.491 e. The second kappa shape index (κ2) is 5.59. The highest BCUT2D eigenvalue weighted by molar-refractivity contribution is 7.98. The minimum absolute atomic E-state index is 0.543. The SMILES string of the molecule is CSCCOc1cncc(C=O)c1. The minimum atomic E-state index is 0.543. The van der Waals surface area contributed by atoms with Crippen molar-refractivity contribution in [1.82, 2.24) is 4.98 Å². The van der Waals surface area contributed by atoms with Crippen LogP contribution in [0, 0.1) is 0 Å². The first kappa shape index (κ1) is 10.1. The Hall–Kier alpha value is -1.03. The molecular weight excluding hydrogens is 186 g/mol. The summed E-state index contributed by atoms with van der Waals surface area (Å²) in [5.41, 5.74) is 0.543. The Morgan fingerprint density at radius 3 is 3.15 bits per heavy atom. The molecule has 1 heterocycles.